The van der Waals surface area contributed by atoms with Gasteiger partial charge in [-0.3, -0.25) is 4.90 Å². The van der Waals surface area contributed by atoms with Crippen molar-refractivity contribution in [3.05, 3.63) is 12.2 Å². The van der Waals surface area contributed by atoms with Crippen molar-refractivity contribution in [1.82, 2.24) is 4.90 Å². The molecule has 0 radical (unpaired) electrons. The van der Waals surface area contributed by atoms with Crippen molar-refractivity contribution in [2.45, 2.75) is 52.7 Å². The van der Waals surface area contributed by atoms with E-state index in [1.54, 1.807) is 27.7 Å². The molecule has 0 bridgehead atoms. The Hall–Kier alpha value is -1.52. The van der Waals surface area contributed by atoms with Crippen LogP contribution in [0.25, 0.3) is 0 Å². The third-order valence-corrected chi connectivity index (χ3v) is 3.18. The number of likely N-dealkylation sites (tertiary alicyclic amines) is 1. The second-order valence-electron chi connectivity index (χ2n) is 6.18. The average Bonchev–Trinajstić information content (AvgIpc) is 2.71. The third-order valence-electron chi connectivity index (χ3n) is 3.18. The summed E-state index contributed by atoms with van der Waals surface area (Å²) in [6.45, 7) is 13.7. The standard InChI is InChI=1S/C15H25NO4/c1-7-19-13(17)12-8-11(10(2)3)9-16(12)14(18)20-15(4,5)6/h11-12H,2,7-9H2,1,3-6H3/t11?,12-/m0/s1. The van der Waals surface area contributed by atoms with Crippen LogP contribution in [-0.4, -0.2) is 41.8 Å². The Morgan fingerprint density at radius 2 is 1.95 bits per heavy atom. The number of rotatable bonds is 3. The molecule has 0 aromatic carbocycles. The fourth-order valence-corrected chi connectivity index (χ4v) is 2.18. The van der Waals surface area contributed by atoms with E-state index in [1.165, 1.54) is 4.90 Å². The minimum atomic E-state index is -0.586. The van der Waals surface area contributed by atoms with E-state index in [9.17, 15) is 9.59 Å². The van der Waals surface area contributed by atoms with Crippen LogP contribution in [0, 0.1) is 5.92 Å². The smallest absolute Gasteiger partial charge is 0.411 e. The third kappa shape index (κ3) is 4.25. The van der Waals surface area contributed by atoms with Crippen molar-refractivity contribution < 1.29 is 19.1 Å². The first-order chi connectivity index (χ1) is 9.15. The molecule has 2 atom stereocenters. The van der Waals surface area contributed by atoms with Gasteiger partial charge in [0.2, 0.25) is 0 Å². The number of amides is 1. The predicted octanol–water partition coefficient (Wildman–Crippen LogP) is 2.75. The maximum absolute atomic E-state index is 12.2. The first-order valence-electron chi connectivity index (χ1n) is 6.97. The van der Waals surface area contributed by atoms with Crippen molar-refractivity contribution in [1.29, 1.82) is 0 Å². The van der Waals surface area contributed by atoms with E-state index in [0.717, 1.165) is 5.57 Å². The summed E-state index contributed by atoms with van der Waals surface area (Å²) in [7, 11) is 0. The Morgan fingerprint density at radius 1 is 1.35 bits per heavy atom. The van der Waals surface area contributed by atoms with E-state index in [1.807, 2.05) is 6.92 Å². The van der Waals surface area contributed by atoms with E-state index in [-0.39, 0.29) is 11.9 Å². The van der Waals surface area contributed by atoms with Crippen LogP contribution in [0.2, 0.25) is 0 Å². The van der Waals surface area contributed by atoms with Crippen LogP contribution < -0.4 is 0 Å². The van der Waals surface area contributed by atoms with E-state index < -0.39 is 17.7 Å². The van der Waals surface area contributed by atoms with Crippen LogP contribution in [0.4, 0.5) is 4.79 Å². The summed E-state index contributed by atoms with van der Waals surface area (Å²) in [5.74, 6) is -0.265. The highest BCUT2D eigenvalue weighted by Crippen LogP contribution is 2.30. The SMILES string of the molecule is C=C(C)C1C[C@@H](C(=O)OCC)N(C(=O)OC(C)(C)C)C1. The first-order valence-corrected chi connectivity index (χ1v) is 6.97. The van der Waals surface area contributed by atoms with Crippen LogP contribution in [0.1, 0.15) is 41.0 Å². The van der Waals surface area contributed by atoms with Gasteiger partial charge in [-0.1, -0.05) is 12.2 Å². The molecule has 20 heavy (non-hydrogen) atoms. The van der Waals surface area contributed by atoms with Gasteiger partial charge in [-0.25, -0.2) is 9.59 Å². The Labute approximate surface area is 120 Å². The van der Waals surface area contributed by atoms with E-state index in [0.29, 0.717) is 19.6 Å². The van der Waals surface area contributed by atoms with Crippen LogP contribution in [-0.2, 0) is 14.3 Å². The zero-order valence-electron chi connectivity index (χ0n) is 13.1. The highest BCUT2D eigenvalue weighted by atomic mass is 16.6. The van der Waals surface area contributed by atoms with Gasteiger partial charge in [0.15, 0.2) is 0 Å². The van der Waals surface area contributed by atoms with Crippen molar-refractivity contribution in [2.24, 2.45) is 5.92 Å². The monoisotopic (exact) mass is 283 g/mol. The normalized spacial score (nSPS) is 22.6. The molecule has 0 aliphatic carbocycles. The Balaban J connectivity index is 2.85. The zero-order valence-corrected chi connectivity index (χ0v) is 13.1. The van der Waals surface area contributed by atoms with E-state index in [4.69, 9.17) is 9.47 Å². The number of carbonyl (C=O) groups is 2. The molecular formula is C15H25NO4. The lowest BCUT2D eigenvalue weighted by atomic mass is 9.99. The minimum Gasteiger partial charge on any atom is -0.464 e. The summed E-state index contributed by atoms with van der Waals surface area (Å²) >= 11 is 0. The molecule has 1 unspecified atom stereocenters. The van der Waals surface area contributed by atoms with Crippen LogP contribution in [0.3, 0.4) is 0 Å². The molecule has 1 aliphatic rings. The summed E-state index contributed by atoms with van der Waals surface area (Å²) in [5.41, 5.74) is 0.378. The number of esters is 1. The predicted molar refractivity (Wildman–Crippen MR) is 76.3 cm³/mol. The molecule has 5 heteroatoms. The number of hydrogen-bond donors (Lipinski definition) is 0. The zero-order chi connectivity index (χ0) is 15.5. The molecule has 114 valence electrons. The van der Waals surface area contributed by atoms with Gasteiger partial charge in [0, 0.05) is 6.54 Å². The molecule has 1 amide bonds. The first kappa shape index (κ1) is 16.5. The Bertz CT molecular complexity index is 397. The summed E-state index contributed by atoms with van der Waals surface area (Å²) in [6.07, 6.45) is 0.0761. The van der Waals surface area contributed by atoms with Gasteiger partial charge < -0.3 is 9.47 Å². The molecule has 0 aromatic rings. The van der Waals surface area contributed by atoms with Gasteiger partial charge >= 0.3 is 12.1 Å². The highest BCUT2D eigenvalue weighted by Gasteiger charge is 2.42. The summed E-state index contributed by atoms with van der Waals surface area (Å²) in [4.78, 5) is 25.7. The number of ether oxygens (including phenoxy) is 2. The van der Waals surface area contributed by atoms with Gasteiger partial charge in [0.25, 0.3) is 0 Å². The molecule has 1 heterocycles. The molecule has 5 nitrogen and oxygen atoms in total. The molecule has 1 saturated heterocycles. The molecule has 1 fully saturated rings. The van der Waals surface area contributed by atoms with Crippen molar-refractivity contribution >= 4 is 12.1 Å². The van der Waals surface area contributed by atoms with Crippen molar-refractivity contribution in [2.75, 3.05) is 13.2 Å². The Morgan fingerprint density at radius 3 is 2.40 bits per heavy atom. The second-order valence-corrected chi connectivity index (χ2v) is 6.18. The van der Waals surface area contributed by atoms with Crippen LogP contribution in [0.15, 0.2) is 12.2 Å². The molecule has 1 rings (SSSR count). The molecular weight excluding hydrogens is 258 g/mol. The Kier molecular flexibility index (Phi) is 5.20. The van der Waals surface area contributed by atoms with Gasteiger partial charge in [-0.15, -0.1) is 0 Å². The summed E-state index contributed by atoms with van der Waals surface area (Å²) in [5, 5.41) is 0. The highest BCUT2D eigenvalue weighted by molar-refractivity contribution is 5.82. The van der Waals surface area contributed by atoms with E-state index in [2.05, 4.69) is 6.58 Å². The fraction of sp³-hybridized carbons (Fsp3) is 0.733. The molecule has 0 aromatic heterocycles. The van der Waals surface area contributed by atoms with Gasteiger partial charge in [0.05, 0.1) is 6.61 Å². The average molecular weight is 283 g/mol. The molecule has 0 saturated carbocycles. The topological polar surface area (TPSA) is 55.8 Å². The van der Waals surface area contributed by atoms with Crippen LogP contribution in [0.5, 0.6) is 0 Å². The van der Waals surface area contributed by atoms with Gasteiger partial charge in [-0.05, 0) is 47.0 Å². The molecule has 0 N–H and O–H groups in total. The lowest BCUT2D eigenvalue weighted by molar-refractivity contribution is -0.148. The lowest BCUT2D eigenvalue weighted by Crippen LogP contribution is -2.44. The van der Waals surface area contributed by atoms with E-state index >= 15 is 0 Å². The maximum atomic E-state index is 12.2. The van der Waals surface area contributed by atoms with Crippen molar-refractivity contribution in [3.8, 4) is 0 Å². The summed E-state index contributed by atoms with van der Waals surface area (Å²) < 4.78 is 10.4. The fourth-order valence-electron chi connectivity index (χ4n) is 2.18. The quantitative estimate of drug-likeness (QED) is 0.590. The largest absolute Gasteiger partial charge is 0.464 e. The molecule has 1 aliphatic heterocycles. The second kappa shape index (κ2) is 6.29. The number of hydrogen-bond acceptors (Lipinski definition) is 4. The lowest BCUT2D eigenvalue weighted by Gasteiger charge is -2.27. The number of nitrogens with zero attached hydrogens (tertiary/aromatic N) is 1. The minimum absolute atomic E-state index is 0.108. The number of carbonyl (C=O) groups excluding carboxylic acids is 2. The molecule has 0 spiro atoms. The van der Waals surface area contributed by atoms with Gasteiger partial charge in [-0.2, -0.15) is 0 Å². The maximum Gasteiger partial charge on any atom is 0.411 e. The van der Waals surface area contributed by atoms with Gasteiger partial charge in [0.1, 0.15) is 11.6 Å². The summed E-state index contributed by atoms with van der Waals surface area (Å²) in [6, 6.07) is -0.577. The van der Waals surface area contributed by atoms with Crippen molar-refractivity contribution in [3.63, 3.8) is 0 Å². The van der Waals surface area contributed by atoms with Crippen LogP contribution >= 0.6 is 0 Å².